The number of ether oxygens (including phenoxy) is 1. The lowest BCUT2D eigenvalue weighted by Gasteiger charge is -2.29. The molecule has 3 rings (SSSR count). The normalized spacial score (nSPS) is 22.4. The van der Waals surface area contributed by atoms with Crippen molar-refractivity contribution < 1.29 is 13.9 Å². The van der Waals surface area contributed by atoms with Crippen LogP contribution in [0.25, 0.3) is 0 Å². The summed E-state index contributed by atoms with van der Waals surface area (Å²) in [5.41, 5.74) is 6.54. The highest BCUT2D eigenvalue weighted by Crippen LogP contribution is 2.43. The molecule has 0 spiro atoms. The summed E-state index contributed by atoms with van der Waals surface area (Å²) in [5, 5.41) is 9.32. The number of carbonyl (C=O) groups excluding carboxylic acids is 1. The number of hydrogen-bond donors (Lipinski definition) is 1. The molecule has 2 aliphatic rings. The fourth-order valence-electron chi connectivity index (χ4n) is 2.62. The minimum absolute atomic E-state index is 0.0102. The van der Waals surface area contributed by atoms with E-state index in [0.717, 1.165) is 6.42 Å². The molecule has 0 fully saturated rings. The molecule has 1 aliphatic carbocycles. The zero-order valence-corrected chi connectivity index (χ0v) is 12.1. The monoisotopic (exact) mass is 334 g/mol. The van der Waals surface area contributed by atoms with Crippen molar-refractivity contribution in [3.8, 4) is 6.07 Å². The van der Waals surface area contributed by atoms with Gasteiger partial charge in [-0.05, 0) is 34.5 Å². The molecule has 0 radical (unpaired) electrons. The first kappa shape index (κ1) is 13.0. The van der Waals surface area contributed by atoms with Gasteiger partial charge in [0.15, 0.2) is 10.5 Å². The number of nitrogens with two attached hydrogens (primary N) is 1. The molecule has 2 heterocycles. The molecular weight excluding hydrogens is 324 g/mol. The van der Waals surface area contributed by atoms with Crippen molar-refractivity contribution in [1.29, 1.82) is 5.26 Å². The standard InChI is InChI=1S/C14H11BrN2O3/c15-11-5-4-10(19-11)12-7(6-16)14(17)20-9-3-1-2-8(18)13(9)12/h4-5,12H,1-3,17H2. The number of furan rings is 1. The fraction of sp³-hybridized carbons (Fsp3) is 0.286. The maximum Gasteiger partial charge on any atom is 0.205 e. The quantitative estimate of drug-likeness (QED) is 0.852. The number of Topliss-reactive ketones (excluding diaryl/α,β-unsaturated/α-hetero) is 1. The molecule has 0 bridgehead atoms. The number of nitriles is 1. The van der Waals surface area contributed by atoms with Crippen LogP contribution in [0.3, 0.4) is 0 Å². The van der Waals surface area contributed by atoms with Gasteiger partial charge in [-0.3, -0.25) is 4.79 Å². The van der Waals surface area contributed by atoms with Crippen LogP contribution in [0, 0.1) is 11.3 Å². The zero-order chi connectivity index (χ0) is 14.3. The number of hydrogen-bond acceptors (Lipinski definition) is 5. The first-order chi connectivity index (χ1) is 9.61. The van der Waals surface area contributed by atoms with Crippen molar-refractivity contribution in [2.75, 3.05) is 0 Å². The Labute approximate surface area is 123 Å². The van der Waals surface area contributed by atoms with Crippen LogP contribution < -0.4 is 5.73 Å². The molecule has 102 valence electrons. The number of rotatable bonds is 1. The first-order valence-electron chi connectivity index (χ1n) is 6.21. The third kappa shape index (κ3) is 1.95. The summed E-state index contributed by atoms with van der Waals surface area (Å²) >= 11 is 3.23. The molecule has 0 amide bonds. The molecule has 1 atom stereocenters. The van der Waals surface area contributed by atoms with Crippen molar-refractivity contribution in [1.82, 2.24) is 0 Å². The molecule has 1 aromatic heterocycles. The number of carbonyl (C=O) groups is 1. The van der Waals surface area contributed by atoms with E-state index in [9.17, 15) is 10.1 Å². The summed E-state index contributed by atoms with van der Waals surface area (Å²) in [5.74, 6) is 0.558. The summed E-state index contributed by atoms with van der Waals surface area (Å²) in [7, 11) is 0. The van der Waals surface area contributed by atoms with E-state index in [1.54, 1.807) is 12.1 Å². The Balaban J connectivity index is 2.18. The van der Waals surface area contributed by atoms with Crippen LogP contribution >= 0.6 is 15.9 Å². The van der Waals surface area contributed by atoms with E-state index in [1.807, 2.05) is 6.07 Å². The second-order valence-electron chi connectivity index (χ2n) is 4.68. The van der Waals surface area contributed by atoms with Gasteiger partial charge in [-0.2, -0.15) is 5.26 Å². The predicted molar refractivity (Wildman–Crippen MR) is 72.9 cm³/mol. The molecule has 5 nitrogen and oxygen atoms in total. The van der Waals surface area contributed by atoms with E-state index in [1.165, 1.54) is 0 Å². The van der Waals surface area contributed by atoms with Crippen LogP contribution in [0.4, 0.5) is 0 Å². The maximum absolute atomic E-state index is 12.2. The van der Waals surface area contributed by atoms with Crippen LogP contribution in [0.2, 0.25) is 0 Å². The highest BCUT2D eigenvalue weighted by Gasteiger charge is 2.39. The Bertz CT molecular complexity index is 694. The van der Waals surface area contributed by atoms with Crippen molar-refractivity contribution in [3.63, 3.8) is 0 Å². The lowest BCUT2D eigenvalue weighted by atomic mass is 9.80. The largest absolute Gasteiger partial charge is 0.453 e. The Morgan fingerprint density at radius 1 is 1.40 bits per heavy atom. The molecule has 1 unspecified atom stereocenters. The first-order valence-corrected chi connectivity index (χ1v) is 7.00. The van der Waals surface area contributed by atoms with Crippen LogP contribution in [0.15, 0.2) is 44.0 Å². The SMILES string of the molecule is N#CC1=C(N)OC2=C(C(=O)CCC2)C1c1ccc(Br)o1. The van der Waals surface area contributed by atoms with Crippen molar-refractivity contribution in [3.05, 3.63) is 45.4 Å². The summed E-state index contributed by atoms with van der Waals surface area (Å²) in [6.07, 6.45) is 1.85. The minimum Gasteiger partial charge on any atom is -0.453 e. The van der Waals surface area contributed by atoms with Gasteiger partial charge in [0.1, 0.15) is 23.2 Å². The van der Waals surface area contributed by atoms with Gasteiger partial charge in [0.2, 0.25) is 5.88 Å². The number of halogens is 1. The topological polar surface area (TPSA) is 89.3 Å². The van der Waals surface area contributed by atoms with E-state index >= 15 is 0 Å². The highest BCUT2D eigenvalue weighted by atomic mass is 79.9. The Hall–Kier alpha value is -2.00. The average molecular weight is 335 g/mol. The second-order valence-corrected chi connectivity index (χ2v) is 5.46. The molecule has 2 N–H and O–H groups in total. The van der Waals surface area contributed by atoms with E-state index in [0.29, 0.717) is 34.6 Å². The summed E-state index contributed by atoms with van der Waals surface area (Å²) in [6.45, 7) is 0. The summed E-state index contributed by atoms with van der Waals surface area (Å²) in [6, 6.07) is 5.49. The Morgan fingerprint density at radius 2 is 2.20 bits per heavy atom. The maximum atomic E-state index is 12.2. The van der Waals surface area contributed by atoms with Crippen LogP contribution in [-0.4, -0.2) is 5.78 Å². The third-order valence-electron chi connectivity index (χ3n) is 3.48. The molecule has 1 aliphatic heterocycles. The van der Waals surface area contributed by atoms with Crippen LogP contribution in [-0.2, 0) is 9.53 Å². The molecular formula is C14H11BrN2O3. The van der Waals surface area contributed by atoms with E-state index in [-0.39, 0.29) is 17.2 Å². The highest BCUT2D eigenvalue weighted by molar-refractivity contribution is 9.10. The van der Waals surface area contributed by atoms with Gasteiger partial charge in [-0.15, -0.1) is 0 Å². The number of allylic oxidation sites excluding steroid dienone is 3. The number of ketones is 1. The fourth-order valence-corrected chi connectivity index (χ4v) is 2.94. The Kier molecular flexibility index (Phi) is 3.14. The van der Waals surface area contributed by atoms with E-state index in [2.05, 4.69) is 15.9 Å². The van der Waals surface area contributed by atoms with Gasteiger partial charge < -0.3 is 14.9 Å². The van der Waals surface area contributed by atoms with Gasteiger partial charge >= 0.3 is 0 Å². The summed E-state index contributed by atoms with van der Waals surface area (Å²) < 4.78 is 11.5. The molecule has 0 saturated heterocycles. The second kappa shape index (κ2) is 4.84. The smallest absolute Gasteiger partial charge is 0.205 e. The van der Waals surface area contributed by atoms with Gasteiger partial charge in [-0.25, -0.2) is 0 Å². The molecule has 0 aromatic carbocycles. The number of nitrogens with zero attached hydrogens (tertiary/aromatic N) is 1. The lowest BCUT2D eigenvalue weighted by Crippen LogP contribution is -2.27. The molecule has 0 saturated carbocycles. The minimum atomic E-state index is -0.567. The zero-order valence-electron chi connectivity index (χ0n) is 10.5. The van der Waals surface area contributed by atoms with Crippen molar-refractivity contribution >= 4 is 21.7 Å². The van der Waals surface area contributed by atoms with Gasteiger partial charge in [-0.1, -0.05) is 0 Å². The molecule has 20 heavy (non-hydrogen) atoms. The third-order valence-corrected chi connectivity index (χ3v) is 3.91. The molecule has 6 heteroatoms. The lowest BCUT2D eigenvalue weighted by molar-refractivity contribution is -0.116. The average Bonchev–Trinajstić information content (AvgIpc) is 2.84. The van der Waals surface area contributed by atoms with Crippen molar-refractivity contribution in [2.24, 2.45) is 5.73 Å². The van der Waals surface area contributed by atoms with Crippen LogP contribution in [0.5, 0.6) is 0 Å². The predicted octanol–water partition coefficient (Wildman–Crippen LogP) is 2.86. The Morgan fingerprint density at radius 3 is 2.85 bits per heavy atom. The van der Waals surface area contributed by atoms with E-state index in [4.69, 9.17) is 14.9 Å². The van der Waals surface area contributed by atoms with Crippen molar-refractivity contribution in [2.45, 2.75) is 25.2 Å². The molecule has 1 aromatic rings. The summed E-state index contributed by atoms with van der Waals surface area (Å²) in [4.78, 5) is 12.2. The van der Waals surface area contributed by atoms with Crippen LogP contribution in [0.1, 0.15) is 30.9 Å². The van der Waals surface area contributed by atoms with Gasteiger partial charge in [0.05, 0.1) is 5.92 Å². The van der Waals surface area contributed by atoms with Gasteiger partial charge in [0, 0.05) is 18.4 Å². The van der Waals surface area contributed by atoms with Gasteiger partial charge in [0.25, 0.3) is 0 Å². The van der Waals surface area contributed by atoms with E-state index < -0.39 is 5.92 Å².